The lowest BCUT2D eigenvalue weighted by Crippen LogP contribution is -2.23. The SMILES string of the molecule is CCC1CC2C(C3CC4CC(C)C(CC)C4C3)CC3CC(C(C)C)C1C32. The molecule has 26 heavy (non-hydrogen) atoms. The van der Waals surface area contributed by atoms with Gasteiger partial charge in [0.1, 0.15) is 0 Å². The molecule has 0 nitrogen and oxygen atoms in total. The van der Waals surface area contributed by atoms with E-state index in [4.69, 9.17) is 0 Å². The van der Waals surface area contributed by atoms with E-state index in [0.717, 1.165) is 76.9 Å². The zero-order chi connectivity index (χ0) is 18.2. The Morgan fingerprint density at radius 3 is 2.12 bits per heavy atom. The van der Waals surface area contributed by atoms with Crippen LogP contribution in [0.3, 0.4) is 0 Å². The molecule has 5 saturated carbocycles. The van der Waals surface area contributed by atoms with Crippen LogP contribution in [0.15, 0.2) is 0 Å². The predicted molar refractivity (Wildman–Crippen MR) is 111 cm³/mol. The molecule has 5 aliphatic rings. The summed E-state index contributed by atoms with van der Waals surface area (Å²) in [5, 5.41) is 0. The second-order valence-electron chi connectivity index (χ2n) is 12.0. The lowest BCUT2D eigenvalue weighted by molar-refractivity contribution is 0.193. The molecule has 0 heterocycles. The molecule has 0 radical (unpaired) electrons. The van der Waals surface area contributed by atoms with Crippen LogP contribution in [-0.2, 0) is 0 Å². The van der Waals surface area contributed by atoms with Crippen molar-refractivity contribution >= 4 is 0 Å². The second kappa shape index (κ2) is 6.52. The van der Waals surface area contributed by atoms with Gasteiger partial charge in [-0.05, 0) is 115 Å². The van der Waals surface area contributed by atoms with E-state index in [1.165, 1.54) is 12.8 Å². The summed E-state index contributed by atoms with van der Waals surface area (Å²) in [6.45, 7) is 12.6. The van der Waals surface area contributed by atoms with Crippen LogP contribution in [0.25, 0.3) is 0 Å². The summed E-state index contributed by atoms with van der Waals surface area (Å²) < 4.78 is 0. The monoisotopic (exact) mass is 356 g/mol. The molecular weight excluding hydrogens is 312 g/mol. The van der Waals surface area contributed by atoms with Crippen molar-refractivity contribution in [2.45, 2.75) is 86.0 Å². The van der Waals surface area contributed by atoms with E-state index in [2.05, 4.69) is 34.6 Å². The van der Waals surface area contributed by atoms with Gasteiger partial charge in [0.25, 0.3) is 0 Å². The molecule has 0 aromatic carbocycles. The fraction of sp³-hybridized carbons (Fsp3) is 1.00. The average molecular weight is 357 g/mol. The first-order chi connectivity index (χ1) is 12.5. The van der Waals surface area contributed by atoms with E-state index in [-0.39, 0.29) is 0 Å². The van der Waals surface area contributed by atoms with E-state index in [9.17, 15) is 0 Å². The topological polar surface area (TPSA) is 0 Å². The molecule has 5 aliphatic carbocycles. The van der Waals surface area contributed by atoms with Gasteiger partial charge in [0.2, 0.25) is 0 Å². The summed E-state index contributed by atoms with van der Waals surface area (Å²) in [6.07, 6.45) is 12.6. The zero-order valence-corrected chi connectivity index (χ0v) is 18.2. The maximum atomic E-state index is 2.56. The summed E-state index contributed by atoms with van der Waals surface area (Å²) in [4.78, 5) is 0. The molecule has 0 aliphatic heterocycles. The minimum Gasteiger partial charge on any atom is -0.0651 e. The first-order valence-electron chi connectivity index (χ1n) is 12.5. The molecule has 0 heteroatoms. The Bertz CT molecular complexity index is 520. The standard InChI is InChI=1S/C26H44/c1-6-16-10-24-23(13-19-12-21(14(3)4)25(16)26(19)24)18-9-17-8-15(5)20(7-2)22(17)11-18/h14-26H,6-13H2,1-5H3. The van der Waals surface area contributed by atoms with Crippen molar-refractivity contribution in [1.82, 2.24) is 0 Å². The first-order valence-corrected chi connectivity index (χ1v) is 12.5. The highest BCUT2D eigenvalue weighted by molar-refractivity contribution is 5.10. The van der Waals surface area contributed by atoms with Gasteiger partial charge < -0.3 is 0 Å². The molecule has 12 atom stereocenters. The smallest absolute Gasteiger partial charge is 0.0321 e. The Labute approximate surface area is 163 Å². The lowest BCUT2D eigenvalue weighted by atomic mass is 9.76. The molecule has 0 spiro atoms. The third-order valence-electron chi connectivity index (χ3n) is 11.0. The van der Waals surface area contributed by atoms with Crippen LogP contribution >= 0.6 is 0 Å². The molecular formula is C26H44. The van der Waals surface area contributed by atoms with Crippen molar-refractivity contribution in [3.05, 3.63) is 0 Å². The third-order valence-corrected chi connectivity index (χ3v) is 11.0. The maximum absolute atomic E-state index is 2.56. The summed E-state index contributed by atoms with van der Waals surface area (Å²) in [7, 11) is 0. The Morgan fingerprint density at radius 2 is 1.42 bits per heavy atom. The Morgan fingerprint density at radius 1 is 0.692 bits per heavy atom. The molecule has 0 saturated heterocycles. The molecule has 5 fully saturated rings. The Hall–Kier alpha value is 0. The van der Waals surface area contributed by atoms with Gasteiger partial charge in [-0.15, -0.1) is 0 Å². The van der Waals surface area contributed by atoms with E-state index in [0.29, 0.717) is 0 Å². The van der Waals surface area contributed by atoms with Crippen molar-refractivity contribution in [1.29, 1.82) is 0 Å². The van der Waals surface area contributed by atoms with Crippen LogP contribution < -0.4 is 0 Å². The fourth-order valence-corrected chi connectivity index (χ4v) is 10.3. The van der Waals surface area contributed by atoms with Crippen molar-refractivity contribution < 1.29 is 0 Å². The third kappa shape index (κ3) is 2.45. The summed E-state index contributed by atoms with van der Waals surface area (Å²) in [5.74, 6) is 14.2. The van der Waals surface area contributed by atoms with Gasteiger partial charge >= 0.3 is 0 Å². The number of hydrogen-bond donors (Lipinski definition) is 0. The quantitative estimate of drug-likeness (QED) is 0.496. The molecule has 0 N–H and O–H groups in total. The summed E-state index contributed by atoms with van der Waals surface area (Å²) in [5.41, 5.74) is 0. The van der Waals surface area contributed by atoms with Gasteiger partial charge in [-0.3, -0.25) is 0 Å². The van der Waals surface area contributed by atoms with Gasteiger partial charge in [-0.2, -0.15) is 0 Å². The van der Waals surface area contributed by atoms with Crippen LogP contribution in [0, 0.1) is 76.9 Å². The van der Waals surface area contributed by atoms with E-state index >= 15 is 0 Å². The summed E-state index contributed by atoms with van der Waals surface area (Å²) in [6, 6.07) is 0. The molecule has 148 valence electrons. The normalized spacial score (nSPS) is 57.9. The van der Waals surface area contributed by atoms with Gasteiger partial charge in [0.05, 0.1) is 0 Å². The molecule has 0 amide bonds. The highest BCUT2D eigenvalue weighted by atomic mass is 14.7. The van der Waals surface area contributed by atoms with E-state index in [1.807, 2.05) is 0 Å². The highest BCUT2D eigenvalue weighted by Gasteiger charge is 2.62. The zero-order valence-electron chi connectivity index (χ0n) is 18.2. The van der Waals surface area contributed by atoms with Gasteiger partial charge in [0, 0.05) is 0 Å². The van der Waals surface area contributed by atoms with Crippen LogP contribution in [0.4, 0.5) is 0 Å². The largest absolute Gasteiger partial charge is 0.0651 e. The Kier molecular flexibility index (Phi) is 4.53. The maximum Gasteiger partial charge on any atom is -0.0321 e. The molecule has 0 bridgehead atoms. The lowest BCUT2D eigenvalue weighted by Gasteiger charge is -2.29. The molecule has 0 aromatic heterocycles. The van der Waals surface area contributed by atoms with Gasteiger partial charge in [0.15, 0.2) is 0 Å². The molecule has 12 unspecified atom stereocenters. The highest BCUT2D eigenvalue weighted by Crippen LogP contribution is 2.69. The van der Waals surface area contributed by atoms with Crippen LogP contribution in [0.2, 0.25) is 0 Å². The first kappa shape index (κ1) is 18.1. The van der Waals surface area contributed by atoms with Gasteiger partial charge in [-0.1, -0.05) is 47.5 Å². The number of hydrogen-bond acceptors (Lipinski definition) is 0. The second-order valence-corrected chi connectivity index (χ2v) is 12.0. The van der Waals surface area contributed by atoms with Crippen LogP contribution in [0.1, 0.15) is 86.0 Å². The van der Waals surface area contributed by atoms with Gasteiger partial charge in [-0.25, -0.2) is 0 Å². The van der Waals surface area contributed by atoms with Crippen molar-refractivity contribution in [3.63, 3.8) is 0 Å². The number of rotatable bonds is 4. The fourth-order valence-electron chi connectivity index (χ4n) is 10.3. The average Bonchev–Trinajstić information content (AvgIpc) is 3.34. The summed E-state index contributed by atoms with van der Waals surface area (Å²) >= 11 is 0. The van der Waals surface area contributed by atoms with Crippen molar-refractivity contribution in [3.8, 4) is 0 Å². The molecule has 5 rings (SSSR count). The van der Waals surface area contributed by atoms with Crippen LogP contribution in [-0.4, -0.2) is 0 Å². The van der Waals surface area contributed by atoms with E-state index in [1.54, 1.807) is 38.5 Å². The minimum absolute atomic E-state index is 0.925. The van der Waals surface area contributed by atoms with Crippen molar-refractivity contribution in [2.24, 2.45) is 76.9 Å². The minimum atomic E-state index is 0.925. The number of fused-ring (bicyclic) bond motifs is 1. The van der Waals surface area contributed by atoms with Crippen LogP contribution in [0.5, 0.6) is 0 Å². The Balaban J connectivity index is 1.33. The predicted octanol–water partition coefficient (Wildman–Crippen LogP) is 7.29. The van der Waals surface area contributed by atoms with E-state index < -0.39 is 0 Å². The molecule has 0 aromatic rings. The van der Waals surface area contributed by atoms with Crippen molar-refractivity contribution in [2.75, 3.05) is 0 Å².